The fourth-order valence-electron chi connectivity index (χ4n) is 1.58. The molecule has 2 rings (SSSR count). The van der Waals surface area contributed by atoms with Crippen LogP contribution in [0.5, 0.6) is 0 Å². The van der Waals surface area contributed by atoms with E-state index in [-0.39, 0.29) is 5.57 Å². The van der Waals surface area contributed by atoms with Gasteiger partial charge in [-0.25, -0.2) is 9.59 Å². The Labute approximate surface area is 92.5 Å². The highest BCUT2D eigenvalue weighted by molar-refractivity contribution is 6.00. The van der Waals surface area contributed by atoms with Crippen LogP contribution in [0.25, 0.3) is 0 Å². The summed E-state index contributed by atoms with van der Waals surface area (Å²) in [4.78, 5) is 22.6. The van der Waals surface area contributed by atoms with E-state index in [1.165, 1.54) is 13.2 Å². The molecule has 0 N–H and O–H groups in total. The maximum absolute atomic E-state index is 11.4. The zero-order chi connectivity index (χ0) is 11.5. The van der Waals surface area contributed by atoms with E-state index in [1.54, 1.807) is 12.1 Å². The summed E-state index contributed by atoms with van der Waals surface area (Å²) in [7, 11) is 1.27. The summed E-state index contributed by atoms with van der Waals surface area (Å²) in [6.45, 7) is 0. The van der Waals surface area contributed by atoms with E-state index >= 15 is 0 Å². The molecule has 1 heterocycles. The molecule has 0 saturated carbocycles. The molecule has 0 saturated heterocycles. The molecular weight excluding hydrogens is 208 g/mol. The van der Waals surface area contributed by atoms with Gasteiger partial charge in [-0.15, -0.1) is 0 Å². The molecule has 0 aromatic heterocycles. The van der Waals surface area contributed by atoms with Gasteiger partial charge in [0.15, 0.2) is 6.10 Å². The predicted octanol–water partition coefficient (Wildman–Crippen LogP) is 1.38. The number of esters is 2. The quantitative estimate of drug-likeness (QED) is 0.704. The van der Waals surface area contributed by atoms with Gasteiger partial charge in [0.1, 0.15) is 0 Å². The molecule has 1 aromatic rings. The lowest BCUT2D eigenvalue weighted by molar-refractivity contribution is -0.140. The summed E-state index contributed by atoms with van der Waals surface area (Å²) in [6.07, 6.45) is 0.518. The van der Waals surface area contributed by atoms with Gasteiger partial charge >= 0.3 is 11.9 Å². The van der Waals surface area contributed by atoms with Crippen molar-refractivity contribution >= 4 is 11.9 Å². The summed E-state index contributed by atoms with van der Waals surface area (Å²) in [5, 5.41) is 0. The average Bonchev–Trinajstić information content (AvgIpc) is 2.71. The molecule has 82 valence electrons. The van der Waals surface area contributed by atoms with E-state index < -0.39 is 18.0 Å². The molecular formula is C12H10O4. The number of carbonyl (C=O) groups excluding carboxylic acids is 2. The molecule has 1 unspecified atom stereocenters. The monoisotopic (exact) mass is 218 g/mol. The maximum atomic E-state index is 11.4. The summed E-state index contributed by atoms with van der Waals surface area (Å²) in [5.74, 6) is -1.06. The molecule has 4 heteroatoms. The van der Waals surface area contributed by atoms with Crippen molar-refractivity contribution in [3.05, 3.63) is 47.5 Å². The van der Waals surface area contributed by atoms with Crippen LogP contribution in [0.4, 0.5) is 0 Å². The SMILES string of the molecule is COC(=O)C1=CC(=O)OC1c1ccccc1. The second kappa shape index (κ2) is 4.18. The normalized spacial score (nSPS) is 18.9. The number of hydrogen-bond donors (Lipinski definition) is 0. The first-order chi connectivity index (χ1) is 7.72. The number of cyclic esters (lactones) is 1. The summed E-state index contributed by atoms with van der Waals surface area (Å²) in [6, 6.07) is 9.06. The first kappa shape index (κ1) is 10.4. The van der Waals surface area contributed by atoms with Gasteiger partial charge in [-0.1, -0.05) is 30.3 Å². The van der Waals surface area contributed by atoms with Gasteiger partial charge in [0.05, 0.1) is 12.7 Å². The van der Waals surface area contributed by atoms with Gasteiger partial charge in [-0.2, -0.15) is 0 Å². The Hall–Kier alpha value is -2.10. The first-order valence-electron chi connectivity index (χ1n) is 4.78. The highest BCUT2D eigenvalue weighted by Crippen LogP contribution is 2.31. The van der Waals surface area contributed by atoms with Crippen molar-refractivity contribution in [3.8, 4) is 0 Å². The van der Waals surface area contributed by atoms with Gasteiger partial charge in [-0.3, -0.25) is 0 Å². The van der Waals surface area contributed by atoms with Gasteiger partial charge in [0.25, 0.3) is 0 Å². The lowest BCUT2D eigenvalue weighted by Gasteiger charge is -2.12. The van der Waals surface area contributed by atoms with Crippen molar-refractivity contribution in [1.29, 1.82) is 0 Å². The molecule has 4 nitrogen and oxygen atoms in total. The Kier molecular flexibility index (Phi) is 2.72. The third kappa shape index (κ3) is 1.82. The van der Waals surface area contributed by atoms with E-state index in [0.717, 1.165) is 5.56 Å². The van der Waals surface area contributed by atoms with Gasteiger partial charge in [0, 0.05) is 6.08 Å². The first-order valence-corrected chi connectivity index (χ1v) is 4.78. The number of rotatable bonds is 2. The van der Waals surface area contributed by atoms with Crippen molar-refractivity contribution in [2.75, 3.05) is 7.11 Å². The molecule has 16 heavy (non-hydrogen) atoms. The smallest absolute Gasteiger partial charge is 0.338 e. The van der Waals surface area contributed by atoms with E-state index in [2.05, 4.69) is 4.74 Å². The lowest BCUT2D eigenvalue weighted by Crippen LogP contribution is -2.11. The fraction of sp³-hybridized carbons (Fsp3) is 0.167. The van der Waals surface area contributed by atoms with E-state index in [0.29, 0.717) is 0 Å². The molecule has 0 aliphatic carbocycles. The Morgan fingerprint density at radius 1 is 1.31 bits per heavy atom. The topological polar surface area (TPSA) is 52.6 Å². The molecule has 1 aliphatic heterocycles. The van der Waals surface area contributed by atoms with Gasteiger partial charge < -0.3 is 9.47 Å². The third-order valence-electron chi connectivity index (χ3n) is 2.31. The van der Waals surface area contributed by atoms with Crippen LogP contribution in [0.3, 0.4) is 0 Å². The molecule has 1 aliphatic rings. The zero-order valence-corrected chi connectivity index (χ0v) is 8.67. The highest BCUT2D eigenvalue weighted by atomic mass is 16.6. The van der Waals surface area contributed by atoms with Crippen molar-refractivity contribution in [2.24, 2.45) is 0 Å². The Morgan fingerprint density at radius 3 is 2.62 bits per heavy atom. The Bertz CT molecular complexity index is 447. The van der Waals surface area contributed by atoms with E-state index in [9.17, 15) is 9.59 Å². The number of carbonyl (C=O) groups is 2. The summed E-state index contributed by atoms with van der Waals surface area (Å²) >= 11 is 0. The molecule has 0 radical (unpaired) electrons. The van der Waals surface area contributed by atoms with Crippen LogP contribution in [-0.4, -0.2) is 19.0 Å². The standard InChI is InChI=1S/C12H10O4/c1-15-12(14)9-7-10(13)16-11(9)8-5-3-2-4-6-8/h2-7,11H,1H3. The lowest BCUT2D eigenvalue weighted by atomic mass is 10.0. The number of methoxy groups -OCH3 is 1. The minimum absolute atomic E-state index is 0.235. The fourth-order valence-corrected chi connectivity index (χ4v) is 1.58. The van der Waals surface area contributed by atoms with Crippen LogP contribution in [0.15, 0.2) is 42.0 Å². The minimum atomic E-state index is -0.652. The molecule has 0 bridgehead atoms. The molecule has 0 amide bonds. The second-order valence-corrected chi connectivity index (χ2v) is 3.32. The van der Waals surface area contributed by atoms with Crippen molar-refractivity contribution < 1.29 is 19.1 Å². The highest BCUT2D eigenvalue weighted by Gasteiger charge is 2.32. The number of ether oxygens (including phenoxy) is 2. The summed E-state index contributed by atoms with van der Waals surface area (Å²) < 4.78 is 9.65. The molecule has 1 atom stereocenters. The van der Waals surface area contributed by atoms with Crippen LogP contribution in [0, 0.1) is 0 Å². The predicted molar refractivity (Wildman–Crippen MR) is 55.4 cm³/mol. The Balaban J connectivity index is 2.33. The van der Waals surface area contributed by atoms with Crippen LogP contribution < -0.4 is 0 Å². The van der Waals surface area contributed by atoms with Crippen LogP contribution in [0.2, 0.25) is 0 Å². The van der Waals surface area contributed by atoms with Crippen LogP contribution >= 0.6 is 0 Å². The Morgan fingerprint density at radius 2 is 2.00 bits per heavy atom. The molecule has 0 fully saturated rings. The van der Waals surface area contributed by atoms with Crippen LogP contribution in [0.1, 0.15) is 11.7 Å². The second-order valence-electron chi connectivity index (χ2n) is 3.32. The maximum Gasteiger partial charge on any atom is 0.338 e. The van der Waals surface area contributed by atoms with Gasteiger partial charge in [-0.05, 0) is 5.56 Å². The van der Waals surface area contributed by atoms with Crippen LogP contribution in [-0.2, 0) is 19.1 Å². The largest absolute Gasteiger partial charge is 0.466 e. The molecule has 0 spiro atoms. The third-order valence-corrected chi connectivity index (χ3v) is 2.31. The van der Waals surface area contributed by atoms with Crippen molar-refractivity contribution in [3.63, 3.8) is 0 Å². The molecule has 1 aromatic carbocycles. The zero-order valence-electron chi connectivity index (χ0n) is 8.67. The van der Waals surface area contributed by atoms with E-state index in [4.69, 9.17) is 4.74 Å². The minimum Gasteiger partial charge on any atom is -0.466 e. The van der Waals surface area contributed by atoms with E-state index in [1.807, 2.05) is 18.2 Å². The van der Waals surface area contributed by atoms with Gasteiger partial charge in [0.2, 0.25) is 0 Å². The summed E-state index contributed by atoms with van der Waals surface area (Å²) in [5.41, 5.74) is 0.990. The number of benzene rings is 1. The van der Waals surface area contributed by atoms with Crippen molar-refractivity contribution in [2.45, 2.75) is 6.10 Å². The average molecular weight is 218 g/mol. The van der Waals surface area contributed by atoms with Crippen molar-refractivity contribution in [1.82, 2.24) is 0 Å². The number of hydrogen-bond acceptors (Lipinski definition) is 4.